The highest BCUT2D eigenvalue weighted by atomic mass is 15.2. The van der Waals surface area contributed by atoms with E-state index in [-0.39, 0.29) is 16.7 Å². The van der Waals surface area contributed by atoms with Crippen LogP contribution in [0.4, 0.5) is 34.1 Å². The summed E-state index contributed by atoms with van der Waals surface area (Å²) >= 11 is 0. The van der Waals surface area contributed by atoms with Gasteiger partial charge in [0.2, 0.25) is 0 Å². The molecule has 1 unspecified atom stereocenters. The van der Waals surface area contributed by atoms with E-state index in [1.165, 1.54) is 96.6 Å². The summed E-state index contributed by atoms with van der Waals surface area (Å²) < 4.78 is 2.58. The molecular weight excluding hydrogens is 753 g/mol. The average molecular weight is 809 g/mol. The molecule has 1 atom stereocenters. The predicted octanol–water partition coefficient (Wildman–Crippen LogP) is 15.5. The predicted molar refractivity (Wildman–Crippen MR) is 260 cm³/mol. The van der Waals surface area contributed by atoms with Gasteiger partial charge in [-0.15, -0.1) is 0 Å². The molecule has 62 heavy (non-hydrogen) atoms. The van der Waals surface area contributed by atoms with E-state index in [1.54, 1.807) is 0 Å². The second-order valence-corrected chi connectivity index (χ2v) is 20.0. The van der Waals surface area contributed by atoms with Crippen molar-refractivity contribution in [2.45, 2.75) is 97.8 Å². The molecule has 4 nitrogen and oxygen atoms in total. The Kier molecular flexibility index (Phi) is 8.74. The van der Waals surface area contributed by atoms with Crippen LogP contribution in [0.5, 0.6) is 0 Å². The van der Waals surface area contributed by atoms with Crippen molar-refractivity contribution in [2.75, 3.05) is 9.80 Å². The van der Waals surface area contributed by atoms with E-state index in [4.69, 9.17) is 4.98 Å². The zero-order valence-electron chi connectivity index (χ0n) is 37.5. The van der Waals surface area contributed by atoms with Gasteiger partial charge in [0.05, 0.1) is 33.8 Å². The molecule has 11 rings (SSSR count). The highest BCUT2D eigenvalue weighted by Gasteiger charge is 2.42. The van der Waals surface area contributed by atoms with E-state index < -0.39 is 0 Å². The Hall–Kier alpha value is -6.39. The van der Waals surface area contributed by atoms with Crippen LogP contribution in [0.25, 0.3) is 28.1 Å². The number of benzene rings is 7. The van der Waals surface area contributed by atoms with E-state index in [2.05, 4.69) is 209 Å². The van der Waals surface area contributed by atoms with Crippen LogP contribution < -0.4 is 9.80 Å². The minimum Gasteiger partial charge on any atom is -0.310 e. The molecule has 1 aliphatic carbocycles. The summed E-state index contributed by atoms with van der Waals surface area (Å²) in [6.07, 6.45) is 4.58. The lowest BCUT2D eigenvalue weighted by molar-refractivity contribution is 0.589. The number of aromatic nitrogens is 2. The first-order valence-corrected chi connectivity index (χ1v) is 22.6. The van der Waals surface area contributed by atoms with E-state index in [0.717, 1.165) is 41.4 Å². The lowest BCUT2D eigenvalue weighted by Crippen LogP contribution is -2.28. The van der Waals surface area contributed by atoms with E-state index >= 15 is 0 Å². The van der Waals surface area contributed by atoms with Crippen LogP contribution in [-0.4, -0.2) is 9.55 Å². The van der Waals surface area contributed by atoms with Crippen LogP contribution in [0, 0.1) is 13.8 Å². The molecule has 1 aromatic heterocycles. The van der Waals surface area contributed by atoms with Crippen molar-refractivity contribution < 1.29 is 0 Å². The quantitative estimate of drug-likeness (QED) is 0.173. The van der Waals surface area contributed by atoms with E-state index in [9.17, 15) is 0 Å². The fourth-order valence-corrected chi connectivity index (χ4v) is 10.8. The number of rotatable bonds is 5. The Morgan fingerprint density at radius 1 is 0.565 bits per heavy atom. The molecule has 0 radical (unpaired) electrons. The van der Waals surface area contributed by atoms with Crippen LogP contribution in [0.2, 0.25) is 0 Å². The van der Waals surface area contributed by atoms with Crippen LogP contribution >= 0.6 is 0 Å². The van der Waals surface area contributed by atoms with Gasteiger partial charge in [0.25, 0.3) is 0 Å². The van der Waals surface area contributed by atoms with Gasteiger partial charge in [-0.2, -0.15) is 0 Å². The van der Waals surface area contributed by atoms with Gasteiger partial charge in [0.1, 0.15) is 5.82 Å². The van der Waals surface area contributed by atoms with E-state index in [1.807, 2.05) is 0 Å². The third-order valence-corrected chi connectivity index (χ3v) is 13.9. The molecule has 3 heterocycles. The van der Waals surface area contributed by atoms with Crippen molar-refractivity contribution in [2.24, 2.45) is 0 Å². The number of hydrogen-bond donors (Lipinski definition) is 0. The molecule has 308 valence electrons. The third-order valence-electron chi connectivity index (χ3n) is 13.9. The van der Waals surface area contributed by atoms with Gasteiger partial charge in [-0.05, 0) is 149 Å². The number of fused-ring (bicyclic) bond motifs is 6. The minimum absolute atomic E-state index is 0.0168. The second-order valence-electron chi connectivity index (χ2n) is 20.0. The summed E-state index contributed by atoms with van der Waals surface area (Å²) in [5.74, 6) is 1.05. The van der Waals surface area contributed by atoms with Crippen LogP contribution in [0.15, 0.2) is 140 Å². The Balaban J connectivity index is 1.32. The Morgan fingerprint density at radius 2 is 1.18 bits per heavy atom. The highest BCUT2D eigenvalue weighted by molar-refractivity contribution is 6.00. The Morgan fingerprint density at radius 3 is 1.82 bits per heavy atom. The van der Waals surface area contributed by atoms with Crippen molar-refractivity contribution in [3.63, 3.8) is 0 Å². The van der Waals surface area contributed by atoms with Gasteiger partial charge in [-0.25, -0.2) is 4.98 Å². The van der Waals surface area contributed by atoms with Gasteiger partial charge in [-0.1, -0.05) is 126 Å². The first-order chi connectivity index (χ1) is 29.9. The maximum Gasteiger partial charge on any atom is 0.146 e. The molecule has 8 aromatic rings. The lowest BCUT2D eigenvalue weighted by Gasteiger charge is -2.43. The first-order valence-electron chi connectivity index (χ1n) is 22.6. The van der Waals surface area contributed by atoms with E-state index in [0.29, 0.717) is 0 Å². The summed E-state index contributed by atoms with van der Waals surface area (Å²) in [4.78, 5) is 10.9. The molecule has 0 N–H and O–H groups in total. The standard InChI is InChI=1S/C58H56N4/c1-36-18-17-19-37(2)51(36)56-59-54-45-25-16-15-20-38(45)32-47-52-46-33-40(58(6,7)8)28-31-48(46)61(43-29-26-39(27-30-43)57(3,4)5)49-34-44(35-50(53(49)52)62(56)55(47)54)60(41-21-11-9-12-22-41)42-23-13-10-14-24-42/h9-14,17-19,21-24,26-35,52H,15-16,20,25H2,1-8H3. The Labute approximate surface area is 367 Å². The smallest absolute Gasteiger partial charge is 0.146 e. The number of nitrogens with zero attached hydrogens (tertiary/aromatic N) is 4. The van der Waals surface area contributed by atoms with Gasteiger partial charge >= 0.3 is 0 Å². The van der Waals surface area contributed by atoms with Gasteiger partial charge in [0, 0.05) is 34.1 Å². The first kappa shape index (κ1) is 38.5. The van der Waals surface area contributed by atoms with Crippen LogP contribution in [0.1, 0.15) is 110 Å². The van der Waals surface area contributed by atoms with Crippen molar-refractivity contribution in [1.82, 2.24) is 9.55 Å². The number of para-hydroxylation sites is 2. The summed E-state index contributed by atoms with van der Waals surface area (Å²) in [6, 6.07) is 52.7. The molecule has 0 spiro atoms. The number of aryl methyl sites for hydroxylation is 4. The zero-order valence-corrected chi connectivity index (χ0v) is 37.5. The summed E-state index contributed by atoms with van der Waals surface area (Å²) in [5, 5.41) is 0. The molecule has 0 bridgehead atoms. The number of anilines is 6. The van der Waals surface area contributed by atoms with Crippen molar-refractivity contribution in [3.05, 3.63) is 190 Å². The zero-order chi connectivity index (χ0) is 42.7. The molecule has 0 saturated heterocycles. The van der Waals surface area contributed by atoms with Crippen LogP contribution in [-0.2, 0) is 23.7 Å². The maximum absolute atomic E-state index is 5.86. The molecule has 4 heteroatoms. The molecule has 3 aliphatic rings. The summed E-state index contributed by atoms with van der Waals surface area (Å²) in [6.45, 7) is 18.4. The fraction of sp³-hybridized carbons (Fsp3) is 0.259. The lowest BCUT2D eigenvalue weighted by atomic mass is 9.73. The topological polar surface area (TPSA) is 24.3 Å². The van der Waals surface area contributed by atoms with Gasteiger partial charge in [0.15, 0.2) is 0 Å². The summed E-state index contributed by atoms with van der Waals surface area (Å²) in [7, 11) is 0. The number of imidazole rings is 1. The molecule has 0 fully saturated rings. The highest BCUT2D eigenvalue weighted by Crippen LogP contribution is 2.60. The normalized spacial score (nSPS) is 15.3. The monoisotopic (exact) mass is 808 g/mol. The largest absolute Gasteiger partial charge is 0.310 e. The van der Waals surface area contributed by atoms with Crippen molar-refractivity contribution in [1.29, 1.82) is 0 Å². The van der Waals surface area contributed by atoms with Crippen molar-refractivity contribution in [3.8, 4) is 17.1 Å². The third kappa shape index (κ3) is 5.97. The van der Waals surface area contributed by atoms with Crippen LogP contribution in [0.3, 0.4) is 0 Å². The number of hydrogen-bond acceptors (Lipinski definition) is 3. The maximum atomic E-state index is 5.86. The molecule has 2 aliphatic heterocycles. The summed E-state index contributed by atoms with van der Waals surface area (Å²) in [5.41, 5.74) is 24.0. The van der Waals surface area contributed by atoms with Gasteiger partial charge < -0.3 is 9.80 Å². The Bertz CT molecular complexity index is 2990. The molecule has 0 saturated carbocycles. The molecule has 0 amide bonds. The fourth-order valence-electron chi connectivity index (χ4n) is 10.8. The SMILES string of the molecule is Cc1cccc(C)c1-c1nc2c3c(cc4c2n1-c1cc(N(c2ccccc2)c2ccccc2)cc2c1C4c1cc(C(C)(C)C)ccc1N2c1ccc(C(C)(C)C)cc1)CCCC3. The minimum atomic E-state index is -0.0236. The molecular formula is C58H56N4. The second kappa shape index (κ2) is 14.1. The van der Waals surface area contributed by atoms with Gasteiger partial charge in [-0.3, -0.25) is 4.57 Å². The average Bonchev–Trinajstić information content (AvgIpc) is 3.66. The van der Waals surface area contributed by atoms with Crippen molar-refractivity contribution >= 4 is 45.2 Å². The molecule has 7 aromatic carbocycles.